The van der Waals surface area contributed by atoms with Gasteiger partial charge in [-0.3, -0.25) is 10.1 Å². The Morgan fingerprint density at radius 3 is 2.53 bits per heavy atom. The van der Waals surface area contributed by atoms with Crippen LogP contribution in [-0.4, -0.2) is 29.2 Å². The third-order valence-corrected chi connectivity index (χ3v) is 2.98. The Morgan fingerprint density at radius 2 is 2.06 bits per heavy atom. The first-order chi connectivity index (χ1) is 7.79. The Bertz CT molecular complexity index is 430. The molecule has 5 heteroatoms. The van der Waals surface area contributed by atoms with Crippen LogP contribution >= 0.6 is 0 Å². The summed E-state index contributed by atoms with van der Waals surface area (Å²) in [5.41, 5.74) is 0.985. The fourth-order valence-electron chi connectivity index (χ4n) is 1.49. The van der Waals surface area contributed by atoms with E-state index in [0.29, 0.717) is 5.69 Å². The second-order valence-corrected chi connectivity index (χ2v) is 4.78. The highest BCUT2D eigenvalue weighted by molar-refractivity contribution is 5.65. The maximum absolute atomic E-state index is 11.0. The fourth-order valence-corrected chi connectivity index (χ4v) is 1.49. The Kier molecular flexibility index (Phi) is 3.72. The first-order valence-electron chi connectivity index (χ1n) is 5.39. The number of rotatable bonds is 4. The van der Waals surface area contributed by atoms with E-state index in [2.05, 4.69) is 0 Å². The Labute approximate surface area is 101 Å². The summed E-state index contributed by atoms with van der Waals surface area (Å²) in [4.78, 5) is 12.3. The highest BCUT2D eigenvalue weighted by Gasteiger charge is 2.28. The largest absolute Gasteiger partial charge is 0.394 e. The summed E-state index contributed by atoms with van der Waals surface area (Å²) >= 11 is 0. The zero-order valence-corrected chi connectivity index (χ0v) is 10.6. The molecule has 0 radical (unpaired) electrons. The molecule has 0 bridgehead atoms. The molecule has 0 amide bonds. The molecule has 0 aliphatic carbocycles. The number of aliphatic hydroxyl groups excluding tert-OH is 1. The van der Waals surface area contributed by atoms with Gasteiger partial charge in [-0.15, -0.1) is 0 Å². The van der Waals surface area contributed by atoms with Gasteiger partial charge in [0, 0.05) is 13.1 Å². The molecule has 17 heavy (non-hydrogen) atoms. The van der Waals surface area contributed by atoms with Crippen molar-refractivity contribution in [1.29, 1.82) is 0 Å². The molecule has 1 aromatic carbocycles. The van der Waals surface area contributed by atoms with E-state index in [1.54, 1.807) is 24.1 Å². The third-order valence-electron chi connectivity index (χ3n) is 2.98. The van der Waals surface area contributed by atoms with Crippen LogP contribution in [0.15, 0.2) is 18.2 Å². The van der Waals surface area contributed by atoms with Crippen molar-refractivity contribution in [3.05, 3.63) is 33.9 Å². The molecule has 0 aliphatic rings. The van der Waals surface area contributed by atoms with Gasteiger partial charge in [0.05, 0.1) is 17.1 Å². The fraction of sp³-hybridized carbons (Fsp3) is 0.500. The molecule has 0 heterocycles. The minimum absolute atomic E-state index is 0.0552. The van der Waals surface area contributed by atoms with E-state index in [-0.39, 0.29) is 12.3 Å². The molecule has 0 saturated carbocycles. The number of likely N-dealkylation sites (N-methyl/N-ethyl adjacent to an activating group) is 1. The molecule has 0 aromatic heterocycles. The van der Waals surface area contributed by atoms with Crippen molar-refractivity contribution in [2.75, 3.05) is 18.6 Å². The van der Waals surface area contributed by atoms with Crippen LogP contribution in [0.4, 0.5) is 11.4 Å². The van der Waals surface area contributed by atoms with E-state index in [1.165, 1.54) is 6.07 Å². The number of hydrogen-bond donors (Lipinski definition) is 1. The number of nitro benzene ring substituents is 1. The van der Waals surface area contributed by atoms with Crippen molar-refractivity contribution in [3.63, 3.8) is 0 Å². The predicted molar refractivity (Wildman–Crippen MR) is 67.4 cm³/mol. The number of benzene rings is 1. The summed E-state index contributed by atoms with van der Waals surface area (Å²) in [5.74, 6) is 0. The third kappa shape index (κ3) is 2.74. The average Bonchev–Trinajstić information content (AvgIpc) is 2.27. The minimum Gasteiger partial charge on any atom is -0.394 e. The molecular formula is C12H18N2O3. The van der Waals surface area contributed by atoms with E-state index in [0.717, 1.165) is 5.56 Å². The van der Waals surface area contributed by atoms with Gasteiger partial charge in [-0.05, 0) is 32.4 Å². The molecule has 0 unspecified atom stereocenters. The summed E-state index contributed by atoms with van der Waals surface area (Å²) < 4.78 is 0. The van der Waals surface area contributed by atoms with Crippen LogP contribution in [0.25, 0.3) is 0 Å². The molecule has 0 spiro atoms. The number of nitrogens with zero attached hydrogens (tertiary/aromatic N) is 2. The highest BCUT2D eigenvalue weighted by Crippen LogP contribution is 2.32. The number of hydrogen-bond acceptors (Lipinski definition) is 4. The van der Waals surface area contributed by atoms with E-state index < -0.39 is 10.5 Å². The molecule has 1 aromatic rings. The summed E-state index contributed by atoms with van der Waals surface area (Å²) in [6, 6.07) is 4.96. The second kappa shape index (κ2) is 4.71. The molecule has 1 N–H and O–H groups in total. The lowest BCUT2D eigenvalue weighted by Gasteiger charge is -2.35. The van der Waals surface area contributed by atoms with E-state index >= 15 is 0 Å². The van der Waals surface area contributed by atoms with Gasteiger partial charge >= 0.3 is 0 Å². The highest BCUT2D eigenvalue weighted by atomic mass is 16.6. The summed E-state index contributed by atoms with van der Waals surface area (Å²) in [7, 11) is 1.75. The maximum Gasteiger partial charge on any atom is 0.292 e. The van der Waals surface area contributed by atoms with Gasteiger partial charge in [0.15, 0.2) is 0 Å². The number of aliphatic hydroxyl groups is 1. The van der Waals surface area contributed by atoms with Crippen LogP contribution in [0.3, 0.4) is 0 Å². The maximum atomic E-state index is 11.0. The number of aryl methyl sites for hydroxylation is 1. The molecular weight excluding hydrogens is 220 g/mol. The molecule has 94 valence electrons. The molecule has 0 saturated heterocycles. The molecule has 0 atom stereocenters. The lowest BCUT2D eigenvalue weighted by Crippen LogP contribution is -2.44. The topological polar surface area (TPSA) is 66.6 Å². The van der Waals surface area contributed by atoms with Crippen molar-refractivity contribution in [3.8, 4) is 0 Å². The lowest BCUT2D eigenvalue weighted by molar-refractivity contribution is -0.384. The first-order valence-corrected chi connectivity index (χ1v) is 5.39. The van der Waals surface area contributed by atoms with Crippen LogP contribution in [0.1, 0.15) is 19.4 Å². The van der Waals surface area contributed by atoms with Gasteiger partial charge < -0.3 is 10.0 Å². The molecule has 0 aliphatic heterocycles. The molecule has 1 rings (SSSR count). The zero-order valence-electron chi connectivity index (χ0n) is 10.6. The monoisotopic (exact) mass is 238 g/mol. The van der Waals surface area contributed by atoms with Gasteiger partial charge in [-0.2, -0.15) is 0 Å². The van der Waals surface area contributed by atoms with Crippen molar-refractivity contribution < 1.29 is 10.0 Å². The Morgan fingerprint density at radius 1 is 1.47 bits per heavy atom. The molecule has 0 fully saturated rings. The van der Waals surface area contributed by atoms with Crippen molar-refractivity contribution >= 4 is 11.4 Å². The SMILES string of the molecule is Cc1ccc([N+](=O)[O-])c(N(C)C(C)(C)CO)c1. The Hall–Kier alpha value is -1.62. The molecule has 5 nitrogen and oxygen atoms in total. The lowest BCUT2D eigenvalue weighted by atomic mass is 10.0. The van der Waals surface area contributed by atoms with Crippen molar-refractivity contribution in [2.45, 2.75) is 26.3 Å². The van der Waals surface area contributed by atoms with Crippen LogP contribution in [0.5, 0.6) is 0 Å². The van der Waals surface area contributed by atoms with Gasteiger partial charge in [0.2, 0.25) is 0 Å². The van der Waals surface area contributed by atoms with E-state index in [9.17, 15) is 15.2 Å². The Balaban J connectivity index is 3.29. The first kappa shape index (κ1) is 13.4. The normalized spacial score (nSPS) is 11.4. The van der Waals surface area contributed by atoms with Crippen molar-refractivity contribution in [2.24, 2.45) is 0 Å². The van der Waals surface area contributed by atoms with E-state index in [4.69, 9.17) is 0 Å². The second-order valence-electron chi connectivity index (χ2n) is 4.78. The summed E-state index contributed by atoms with van der Waals surface area (Å²) in [5, 5.41) is 20.3. The zero-order chi connectivity index (χ0) is 13.2. The van der Waals surface area contributed by atoms with Crippen LogP contribution in [0, 0.1) is 17.0 Å². The van der Waals surface area contributed by atoms with E-state index in [1.807, 2.05) is 20.8 Å². The van der Waals surface area contributed by atoms with Gasteiger partial charge in [-0.1, -0.05) is 6.07 Å². The minimum atomic E-state index is -0.543. The smallest absolute Gasteiger partial charge is 0.292 e. The number of nitro groups is 1. The van der Waals surface area contributed by atoms with Gasteiger partial charge in [0.1, 0.15) is 5.69 Å². The number of anilines is 1. The predicted octanol–water partition coefficient (Wildman–Crippen LogP) is 2.11. The average molecular weight is 238 g/mol. The van der Waals surface area contributed by atoms with Crippen LogP contribution in [-0.2, 0) is 0 Å². The standard InChI is InChI=1S/C12H18N2O3/c1-9-5-6-10(14(16)17)11(7-9)13(4)12(2,3)8-15/h5-7,15H,8H2,1-4H3. The quantitative estimate of drug-likeness (QED) is 0.644. The van der Waals surface area contributed by atoms with Gasteiger partial charge in [0.25, 0.3) is 5.69 Å². The summed E-state index contributed by atoms with van der Waals surface area (Å²) in [6.07, 6.45) is 0. The van der Waals surface area contributed by atoms with Crippen molar-refractivity contribution in [1.82, 2.24) is 0 Å². The van der Waals surface area contributed by atoms with Crippen LogP contribution < -0.4 is 4.90 Å². The van der Waals surface area contributed by atoms with Crippen LogP contribution in [0.2, 0.25) is 0 Å². The van der Waals surface area contributed by atoms with Gasteiger partial charge in [-0.25, -0.2) is 0 Å². The summed E-state index contributed by atoms with van der Waals surface area (Å²) in [6.45, 7) is 5.47.